The van der Waals surface area contributed by atoms with Crippen molar-refractivity contribution in [3.8, 4) is 11.5 Å². The van der Waals surface area contributed by atoms with Gasteiger partial charge in [-0.2, -0.15) is 0 Å². The zero-order valence-corrected chi connectivity index (χ0v) is 11.3. The highest BCUT2D eigenvalue weighted by atomic mass is 32.1. The highest BCUT2D eigenvalue weighted by molar-refractivity contribution is 7.14. The van der Waals surface area contributed by atoms with E-state index in [-0.39, 0.29) is 18.4 Å². The second-order valence-electron chi connectivity index (χ2n) is 3.86. The minimum atomic E-state index is -0.274. The third-order valence-electron chi connectivity index (χ3n) is 2.53. The van der Waals surface area contributed by atoms with Crippen LogP contribution in [-0.2, 0) is 9.53 Å². The van der Waals surface area contributed by atoms with Crippen LogP contribution in [0.15, 0.2) is 28.2 Å². The first-order valence-corrected chi connectivity index (χ1v) is 6.63. The molecule has 2 heterocycles. The third-order valence-corrected chi connectivity index (χ3v) is 3.29. The normalized spacial score (nSPS) is 12.3. The van der Waals surface area contributed by atoms with E-state index in [4.69, 9.17) is 14.9 Å². The van der Waals surface area contributed by atoms with Gasteiger partial charge in [-0.05, 0) is 12.1 Å². The minimum absolute atomic E-state index is 0.169. The van der Waals surface area contributed by atoms with Crippen molar-refractivity contribution >= 4 is 22.4 Å². The van der Waals surface area contributed by atoms with Gasteiger partial charge in [-0.25, -0.2) is 4.98 Å². The largest absolute Gasteiger partial charge is 0.463 e. The number of carbonyl (C=O) groups excluding carboxylic acids is 1. The van der Waals surface area contributed by atoms with Crippen LogP contribution in [0.1, 0.15) is 6.42 Å². The van der Waals surface area contributed by atoms with Crippen LogP contribution in [0.2, 0.25) is 0 Å². The van der Waals surface area contributed by atoms with Gasteiger partial charge in [0.15, 0.2) is 10.9 Å². The Morgan fingerprint density at radius 3 is 3.16 bits per heavy atom. The van der Waals surface area contributed by atoms with Crippen LogP contribution in [0.4, 0.5) is 5.13 Å². The highest BCUT2D eigenvalue weighted by Gasteiger charge is 2.13. The Kier molecular flexibility index (Phi) is 4.67. The van der Waals surface area contributed by atoms with Crippen molar-refractivity contribution in [2.24, 2.45) is 5.73 Å². The SMILES string of the molecule is COC(CN)CC(=O)Nc1nc(-c2ccco2)cs1. The number of nitrogens with zero attached hydrogens (tertiary/aromatic N) is 1. The molecular formula is C12H15N3O3S. The maximum absolute atomic E-state index is 11.7. The van der Waals surface area contributed by atoms with Gasteiger partial charge < -0.3 is 20.2 Å². The fraction of sp³-hybridized carbons (Fsp3) is 0.333. The maximum atomic E-state index is 11.7. The Labute approximate surface area is 114 Å². The van der Waals surface area contributed by atoms with E-state index in [2.05, 4.69) is 10.3 Å². The molecule has 1 atom stereocenters. The predicted octanol–water partition coefficient (Wildman–Crippen LogP) is 1.71. The van der Waals surface area contributed by atoms with E-state index in [0.717, 1.165) is 0 Å². The number of furan rings is 1. The number of ether oxygens (including phenoxy) is 1. The van der Waals surface area contributed by atoms with Crippen molar-refractivity contribution < 1.29 is 13.9 Å². The number of rotatable bonds is 6. The van der Waals surface area contributed by atoms with Gasteiger partial charge in [-0.3, -0.25) is 4.79 Å². The number of hydrogen-bond acceptors (Lipinski definition) is 6. The Balaban J connectivity index is 1.95. The van der Waals surface area contributed by atoms with Crippen molar-refractivity contribution in [1.29, 1.82) is 0 Å². The summed E-state index contributed by atoms with van der Waals surface area (Å²) < 4.78 is 10.3. The molecule has 0 spiro atoms. The van der Waals surface area contributed by atoms with Crippen LogP contribution >= 0.6 is 11.3 Å². The van der Waals surface area contributed by atoms with Gasteiger partial charge in [0.1, 0.15) is 5.69 Å². The van der Waals surface area contributed by atoms with Gasteiger partial charge in [-0.15, -0.1) is 11.3 Å². The summed E-state index contributed by atoms with van der Waals surface area (Å²) in [6, 6.07) is 3.60. The summed E-state index contributed by atoms with van der Waals surface area (Å²) in [5, 5.41) is 5.07. The lowest BCUT2D eigenvalue weighted by atomic mass is 10.2. The van der Waals surface area contributed by atoms with E-state index in [1.807, 2.05) is 11.4 Å². The number of nitrogens with two attached hydrogens (primary N) is 1. The summed E-state index contributed by atoms with van der Waals surface area (Å²) in [6.45, 7) is 0.305. The quantitative estimate of drug-likeness (QED) is 0.841. The summed E-state index contributed by atoms with van der Waals surface area (Å²) in [4.78, 5) is 16.0. The van der Waals surface area contributed by atoms with Gasteiger partial charge in [0, 0.05) is 19.0 Å². The van der Waals surface area contributed by atoms with Crippen molar-refractivity contribution in [1.82, 2.24) is 4.98 Å². The van der Waals surface area contributed by atoms with E-state index in [9.17, 15) is 4.79 Å². The number of hydrogen-bond donors (Lipinski definition) is 2. The first kappa shape index (κ1) is 13.7. The Morgan fingerprint density at radius 2 is 2.53 bits per heavy atom. The first-order chi connectivity index (χ1) is 9.22. The van der Waals surface area contributed by atoms with Crippen LogP contribution < -0.4 is 11.1 Å². The molecule has 0 bridgehead atoms. The van der Waals surface area contributed by atoms with Gasteiger partial charge in [0.25, 0.3) is 0 Å². The molecule has 0 aliphatic carbocycles. The fourth-order valence-electron chi connectivity index (χ4n) is 1.51. The second kappa shape index (κ2) is 6.46. The lowest BCUT2D eigenvalue weighted by Crippen LogP contribution is -2.28. The summed E-state index contributed by atoms with van der Waals surface area (Å²) in [6.07, 6.45) is 1.52. The van der Waals surface area contributed by atoms with Crippen molar-refractivity contribution in [2.45, 2.75) is 12.5 Å². The number of anilines is 1. The summed E-state index contributed by atoms with van der Waals surface area (Å²) in [5.41, 5.74) is 6.16. The predicted molar refractivity (Wildman–Crippen MR) is 72.9 cm³/mol. The van der Waals surface area contributed by atoms with Gasteiger partial charge >= 0.3 is 0 Å². The third kappa shape index (κ3) is 3.63. The number of amides is 1. The van der Waals surface area contributed by atoms with Crippen LogP contribution in [0.25, 0.3) is 11.5 Å². The average Bonchev–Trinajstić information content (AvgIpc) is 3.06. The highest BCUT2D eigenvalue weighted by Crippen LogP contribution is 2.25. The molecule has 19 heavy (non-hydrogen) atoms. The lowest BCUT2D eigenvalue weighted by molar-refractivity contribution is -0.118. The molecule has 2 aromatic rings. The molecule has 0 radical (unpaired) electrons. The lowest BCUT2D eigenvalue weighted by Gasteiger charge is -2.11. The zero-order chi connectivity index (χ0) is 13.7. The van der Waals surface area contributed by atoms with E-state index >= 15 is 0 Å². The van der Waals surface area contributed by atoms with Crippen LogP contribution in [-0.4, -0.2) is 30.6 Å². The molecule has 0 saturated carbocycles. The van der Waals surface area contributed by atoms with E-state index < -0.39 is 0 Å². The number of nitrogens with one attached hydrogen (secondary N) is 1. The van der Waals surface area contributed by atoms with Crippen molar-refractivity contribution in [3.05, 3.63) is 23.8 Å². The monoisotopic (exact) mass is 281 g/mol. The second-order valence-corrected chi connectivity index (χ2v) is 4.72. The van der Waals surface area contributed by atoms with Gasteiger partial charge in [0.05, 0.1) is 18.8 Å². The maximum Gasteiger partial charge on any atom is 0.228 e. The smallest absolute Gasteiger partial charge is 0.228 e. The Morgan fingerprint density at radius 1 is 1.68 bits per heavy atom. The van der Waals surface area contributed by atoms with Crippen molar-refractivity contribution in [3.63, 3.8) is 0 Å². The molecule has 0 fully saturated rings. The van der Waals surface area contributed by atoms with Gasteiger partial charge in [0.2, 0.25) is 5.91 Å². The summed E-state index contributed by atoms with van der Waals surface area (Å²) in [7, 11) is 1.53. The number of thiazole rings is 1. The zero-order valence-electron chi connectivity index (χ0n) is 10.5. The molecule has 0 saturated heterocycles. The molecule has 0 aliphatic heterocycles. The van der Waals surface area contributed by atoms with Crippen LogP contribution in [0, 0.1) is 0 Å². The Bertz CT molecular complexity index is 520. The molecule has 2 rings (SSSR count). The Hall–Kier alpha value is -1.70. The molecular weight excluding hydrogens is 266 g/mol. The van der Waals surface area contributed by atoms with E-state index in [1.165, 1.54) is 18.4 Å². The molecule has 2 aromatic heterocycles. The van der Waals surface area contributed by atoms with E-state index in [1.54, 1.807) is 12.3 Å². The number of methoxy groups -OCH3 is 1. The molecule has 1 amide bonds. The summed E-state index contributed by atoms with van der Waals surface area (Å²) in [5.74, 6) is 0.506. The standard InChI is InChI=1S/C12H15N3O3S/c1-17-8(6-13)5-11(16)15-12-14-9(7-19-12)10-3-2-4-18-10/h2-4,7-8H,5-6,13H2,1H3,(H,14,15,16). The van der Waals surface area contributed by atoms with Crippen molar-refractivity contribution in [2.75, 3.05) is 19.0 Å². The van der Waals surface area contributed by atoms with Gasteiger partial charge in [-0.1, -0.05) is 0 Å². The number of aromatic nitrogens is 1. The van der Waals surface area contributed by atoms with Crippen LogP contribution in [0.5, 0.6) is 0 Å². The number of carbonyl (C=O) groups is 1. The molecule has 3 N–H and O–H groups in total. The molecule has 6 nitrogen and oxygen atoms in total. The van der Waals surface area contributed by atoms with E-state index in [0.29, 0.717) is 23.1 Å². The molecule has 0 aliphatic rings. The first-order valence-electron chi connectivity index (χ1n) is 5.75. The molecule has 0 aromatic carbocycles. The topological polar surface area (TPSA) is 90.4 Å². The average molecular weight is 281 g/mol. The minimum Gasteiger partial charge on any atom is -0.463 e. The van der Waals surface area contributed by atoms with Crippen LogP contribution in [0.3, 0.4) is 0 Å². The fourth-order valence-corrected chi connectivity index (χ4v) is 2.22. The molecule has 102 valence electrons. The summed E-state index contributed by atoms with van der Waals surface area (Å²) >= 11 is 1.34. The molecule has 1 unspecified atom stereocenters. The molecule has 7 heteroatoms.